The Hall–Kier alpha value is -2.03. The molecule has 0 bridgehead atoms. The van der Waals surface area contributed by atoms with Crippen LogP contribution in [0.5, 0.6) is 0 Å². The van der Waals surface area contributed by atoms with E-state index < -0.39 is 26.5 Å². The lowest BCUT2D eigenvalue weighted by Crippen LogP contribution is -2.37. The molecule has 0 aromatic heterocycles. The molecular formula is C66H125NO8P+. The molecule has 0 aliphatic carbocycles. The molecule has 9 nitrogen and oxygen atoms in total. The van der Waals surface area contributed by atoms with Gasteiger partial charge in [-0.15, -0.1) is 0 Å². The summed E-state index contributed by atoms with van der Waals surface area (Å²) >= 11 is 0. The van der Waals surface area contributed by atoms with E-state index in [1.807, 2.05) is 21.1 Å². The number of phosphoric acid groups is 1. The van der Waals surface area contributed by atoms with Crippen molar-refractivity contribution in [2.75, 3.05) is 47.5 Å². The van der Waals surface area contributed by atoms with E-state index in [4.69, 9.17) is 18.5 Å². The molecule has 0 aliphatic heterocycles. The number of phosphoric ester groups is 1. The van der Waals surface area contributed by atoms with Crippen molar-refractivity contribution in [2.24, 2.45) is 0 Å². The number of carbonyl (C=O) groups is 2. The fourth-order valence-electron chi connectivity index (χ4n) is 9.31. The molecule has 0 saturated carbocycles. The van der Waals surface area contributed by atoms with Crippen LogP contribution in [-0.4, -0.2) is 74.9 Å². The third-order valence-electron chi connectivity index (χ3n) is 14.3. The number of quaternary nitrogens is 1. The van der Waals surface area contributed by atoms with E-state index in [-0.39, 0.29) is 32.0 Å². The summed E-state index contributed by atoms with van der Waals surface area (Å²) in [5.74, 6) is -0.794. The Morgan fingerprint density at radius 1 is 0.408 bits per heavy atom. The summed E-state index contributed by atoms with van der Waals surface area (Å²) in [6, 6.07) is 0. The van der Waals surface area contributed by atoms with Crippen molar-refractivity contribution in [2.45, 2.75) is 315 Å². The molecule has 2 atom stereocenters. The quantitative estimate of drug-likeness (QED) is 0.0211. The normalized spacial score (nSPS) is 13.5. The minimum Gasteiger partial charge on any atom is -0.462 e. The van der Waals surface area contributed by atoms with E-state index in [1.165, 1.54) is 218 Å². The van der Waals surface area contributed by atoms with Gasteiger partial charge in [-0.3, -0.25) is 18.6 Å². The lowest BCUT2D eigenvalue weighted by atomic mass is 10.0. The van der Waals surface area contributed by atoms with E-state index in [0.29, 0.717) is 17.4 Å². The van der Waals surface area contributed by atoms with Gasteiger partial charge in [-0.05, 0) is 77.0 Å². The van der Waals surface area contributed by atoms with Crippen LogP contribution in [0.3, 0.4) is 0 Å². The number of esters is 2. The predicted molar refractivity (Wildman–Crippen MR) is 326 cm³/mol. The summed E-state index contributed by atoms with van der Waals surface area (Å²) in [7, 11) is 1.48. The Balaban J connectivity index is 3.97. The smallest absolute Gasteiger partial charge is 0.462 e. The van der Waals surface area contributed by atoms with Crippen LogP contribution in [0.25, 0.3) is 0 Å². The summed E-state index contributed by atoms with van der Waals surface area (Å²) in [5.41, 5.74) is 0. The van der Waals surface area contributed by atoms with Crippen molar-refractivity contribution in [1.29, 1.82) is 0 Å². The molecule has 76 heavy (non-hydrogen) atoms. The van der Waals surface area contributed by atoms with Crippen LogP contribution in [0.1, 0.15) is 309 Å². The maximum atomic E-state index is 12.8. The zero-order chi connectivity index (χ0) is 55.6. The van der Waals surface area contributed by atoms with Crippen molar-refractivity contribution in [1.82, 2.24) is 0 Å². The first kappa shape index (κ1) is 74.0. The van der Waals surface area contributed by atoms with Crippen molar-refractivity contribution in [3.05, 3.63) is 48.6 Å². The number of hydrogen-bond acceptors (Lipinski definition) is 7. The van der Waals surface area contributed by atoms with Gasteiger partial charge in [0.2, 0.25) is 0 Å². The van der Waals surface area contributed by atoms with Gasteiger partial charge in [-0.25, -0.2) is 4.57 Å². The molecular weight excluding hydrogens is 966 g/mol. The zero-order valence-corrected chi connectivity index (χ0v) is 51.6. The van der Waals surface area contributed by atoms with E-state index in [2.05, 4.69) is 62.5 Å². The van der Waals surface area contributed by atoms with E-state index in [0.717, 1.165) is 57.8 Å². The van der Waals surface area contributed by atoms with Crippen molar-refractivity contribution >= 4 is 19.8 Å². The lowest BCUT2D eigenvalue weighted by molar-refractivity contribution is -0.870. The average Bonchev–Trinajstić information content (AvgIpc) is 3.38. The molecule has 10 heteroatoms. The lowest BCUT2D eigenvalue weighted by Gasteiger charge is -2.24. The third kappa shape index (κ3) is 61.2. The second kappa shape index (κ2) is 57.6. The van der Waals surface area contributed by atoms with Crippen LogP contribution in [0.15, 0.2) is 48.6 Å². The Kier molecular flexibility index (Phi) is 56.1. The summed E-state index contributed by atoms with van der Waals surface area (Å²) in [5, 5.41) is 0. The second-order valence-corrected chi connectivity index (χ2v) is 24.6. The van der Waals surface area contributed by atoms with Gasteiger partial charge in [0.1, 0.15) is 19.8 Å². The highest BCUT2D eigenvalue weighted by molar-refractivity contribution is 7.47. The number of hydrogen-bond donors (Lipinski definition) is 1. The highest BCUT2D eigenvalue weighted by atomic mass is 31.2. The molecule has 0 aromatic carbocycles. The molecule has 0 aliphatic rings. The summed E-state index contributed by atoms with van der Waals surface area (Å²) in [4.78, 5) is 35.7. The SMILES string of the molecule is CCCCC/C=C\C/C=C\CCCCCCCCCC(=O)OCC(COP(=O)(O)OCC[N+](C)(C)C)OC(=O)CCCCCCCCCCCCCCCCCCCCCCCCC/C=C\C/C=C\CCCCCCC. The number of allylic oxidation sites excluding steroid dienone is 8. The first-order valence-electron chi connectivity index (χ1n) is 32.4. The van der Waals surface area contributed by atoms with Crippen molar-refractivity contribution in [3.63, 3.8) is 0 Å². The molecule has 2 unspecified atom stereocenters. The van der Waals surface area contributed by atoms with Crippen LogP contribution in [-0.2, 0) is 32.7 Å². The average molecular weight is 1090 g/mol. The van der Waals surface area contributed by atoms with Gasteiger partial charge in [0, 0.05) is 12.8 Å². The standard InChI is InChI=1S/C66H124NO8P/c1-6-8-10-12-14-16-18-20-22-24-25-26-27-28-29-30-31-32-33-34-35-36-37-38-39-40-41-43-45-47-49-51-53-55-57-59-66(69)75-64(63-74-76(70,71)73-61-60-67(3,4)5)62-72-65(68)58-56-54-52-50-48-46-44-42-23-21-19-17-15-13-11-9-7-2/h15,17-18,20-21,23-25,64H,6-14,16,19,22,26-63H2,1-5H3/p+1/b17-15-,20-18-,23-21-,25-24-. The van der Waals surface area contributed by atoms with E-state index in [9.17, 15) is 19.0 Å². The number of carbonyl (C=O) groups excluding carboxylic acids is 2. The second-order valence-electron chi connectivity index (χ2n) is 23.1. The van der Waals surface area contributed by atoms with Gasteiger partial charge in [-0.2, -0.15) is 0 Å². The molecule has 0 heterocycles. The zero-order valence-electron chi connectivity index (χ0n) is 50.8. The van der Waals surface area contributed by atoms with Gasteiger partial charge < -0.3 is 18.9 Å². The Labute approximate surface area is 471 Å². The minimum atomic E-state index is -4.39. The topological polar surface area (TPSA) is 108 Å². The monoisotopic (exact) mass is 1090 g/mol. The largest absolute Gasteiger partial charge is 0.472 e. The molecule has 0 amide bonds. The Bertz CT molecular complexity index is 1420. The molecule has 0 radical (unpaired) electrons. The number of likely N-dealkylation sites (N-methyl/N-ethyl adjacent to an activating group) is 1. The molecule has 446 valence electrons. The van der Waals surface area contributed by atoms with E-state index in [1.54, 1.807) is 0 Å². The molecule has 0 aromatic rings. The summed E-state index contributed by atoms with van der Waals surface area (Å²) in [6.45, 7) is 4.43. The van der Waals surface area contributed by atoms with Crippen molar-refractivity contribution < 1.29 is 42.1 Å². The number of ether oxygens (including phenoxy) is 2. The summed E-state index contributed by atoms with van der Waals surface area (Å²) < 4.78 is 34.6. The highest BCUT2D eigenvalue weighted by Gasteiger charge is 2.27. The Morgan fingerprint density at radius 2 is 0.711 bits per heavy atom. The van der Waals surface area contributed by atoms with Crippen LogP contribution < -0.4 is 0 Å². The van der Waals surface area contributed by atoms with Gasteiger partial charge in [0.05, 0.1) is 27.7 Å². The fourth-order valence-corrected chi connectivity index (χ4v) is 10.1. The Morgan fingerprint density at radius 3 is 1.07 bits per heavy atom. The molecule has 1 N–H and O–H groups in total. The predicted octanol–water partition coefficient (Wildman–Crippen LogP) is 20.5. The van der Waals surface area contributed by atoms with Gasteiger partial charge in [0.15, 0.2) is 6.10 Å². The molecule has 0 saturated heterocycles. The van der Waals surface area contributed by atoms with Crippen LogP contribution in [0.4, 0.5) is 0 Å². The van der Waals surface area contributed by atoms with Gasteiger partial charge in [0.25, 0.3) is 0 Å². The van der Waals surface area contributed by atoms with Crippen LogP contribution in [0.2, 0.25) is 0 Å². The maximum Gasteiger partial charge on any atom is 0.472 e. The van der Waals surface area contributed by atoms with E-state index >= 15 is 0 Å². The minimum absolute atomic E-state index is 0.0314. The highest BCUT2D eigenvalue weighted by Crippen LogP contribution is 2.43. The first-order chi connectivity index (χ1) is 37.0. The fraction of sp³-hybridized carbons (Fsp3) is 0.848. The number of nitrogens with zero attached hydrogens (tertiary/aromatic N) is 1. The van der Waals surface area contributed by atoms with Gasteiger partial charge in [-0.1, -0.05) is 268 Å². The number of rotatable bonds is 60. The summed E-state index contributed by atoms with van der Waals surface area (Å²) in [6.07, 6.45) is 73.5. The molecule has 0 fully saturated rings. The third-order valence-corrected chi connectivity index (χ3v) is 15.3. The van der Waals surface area contributed by atoms with Crippen LogP contribution >= 0.6 is 7.82 Å². The molecule has 0 spiro atoms. The van der Waals surface area contributed by atoms with Crippen LogP contribution in [0, 0.1) is 0 Å². The number of unbranched alkanes of at least 4 members (excludes halogenated alkanes) is 38. The van der Waals surface area contributed by atoms with Crippen molar-refractivity contribution in [3.8, 4) is 0 Å². The molecule has 0 rings (SSSR count). The maximum absolute atomic E-state index is 12.8. The first-order valence-corrected chi connectivity index (χ1v) is 33.9. The van der Waals surface area contributed by atoms with Gasteiger partial charge >= 0.3 is 19.8 Å².